The molecule has 2 aromatic heterocycles. The van der Waals surface area contributed by atoms with Crippen molar-refractivity contribution >= 4 is 33.9 Å². The molecule has 0 saturated carbocycles. The number of nitro groups is 1. The van der Waals surface area contributed by atoms with E-state index < -0.39 is 0 Å². The van der Waals surface area contributed by atoms with E-state index in [0.717, 1.165) is 66.5 Å². The lowest BCUT2D eigenvalue weighted by Gasteiger charge is -2.23. The van der Waals surface area contributed by atoms with Crippen LogP contribution in [0.3, 0.4) is 0 Å². The normalized spacial score (nSPS) is 12.3. The number of nitro benzene ring substituents is 1. The predicted molar refractivity (Wildman–Crippen MR) is 171 cm³/mol. The first-order valence-corrected chi connectivity index (χ1v) is 14.7. The van der Waals surface area contributed by atoms with Crippen molar-refractivity contribution in [2.75, 3.05) is 44.4 Å². The van der Waals surface area contributed by atoms with Gasteiger partial charge in [0.15, 0.2) is 0 Å². The minimum Gasteiger partial charge on any atom is -0.368 e. The molecule has 2 aromatic carbocycles. The van der Waals surface area contributed by atoms with E-state index in [2.05, 4.69) is 62.9 Å². The second kappa shape index (κ2) is 12.6. The molecule has 0 saturated heterocycles. The van der Waals surface area contributed by atoms with Crippen molar-refractivity contribution in [3.63, 3.8) is 0 Å². The lowest BCUT2D eigenvalue weighted by Crippen LogP contribution is -2.29. The van der Waals surface area contributed by atoms with Crippen LogP contribution in [0, 0.1) is 22.0 Å². The average molecular weight is 566 g/mol. The highest BCUT2D eigenvalue weighted by Crippen LogP contribution is 2.38. The number of rotatable bonds is 10. The van der Waals surface area contributed by atoms with Crippen LogP contribution in [0.25, 0.3) is 22.2 Å². The fourth-order valence-electron chi connectivity index (χ4n) is 5.54. The number of unbranched alkanes of at least 4 members (excludes halogenated alkanes) is 1. The van der Waals surface area contributed by atoms with Gasteiger partial charge in [0.2, 0.25) is 5.95 Å². The van der Waals surface area contributed by atoms with Gasteiger partial charge in [0.25, 0.3) is 5.69 Å². The monoisotopic (exact) mass is 565 g/mol. The van der Waals surface area contributed by atoms with Crippen LogP contribution >= 0.6 is 0 Å². The molecule has 1 aliphatic rings. The van der Waals surface area contributed by atoms with Crippen molar-refractivity contribution in [1.29, 1.82) is 0 Å². The number of aromatic nitrogens is 3. The van der Waals surface area contributed by atoms with E-state index in [0.29, 0.717) is 30.3 Å². The van der Waals surface area contributed by atoms with E-state index in [4.69, 9.17) is 4.98 Å². The van der Waals surface area contributed by atoms with Crippen LogP contribution in [0.1, 0.15) is 49.8 Å². The van der Waals surface area contributed by atoms with Crippen molar-refractivity contribution in [2.24, 2.45) is 0 Å². The summed E-state index contributed by atoms with van der Waals surface area (Å²) < 4.78 is 2.33. The molecule has 0 bridgehead atoms. The van der Waals surface area contributed by atoms with Crippen molar-refractivity contribution in [2.45, 2.75) is 52.5 Å². The van der Waals surface area contributed by atoms with Crippen LogP contribution in [0.4, 0.5) is 23.0 Å². The number of hydrogen-bond acceptors (Lipinski definition) is 7. The van der Waals surface area contributed by atoms with Gasteiger partial charge in [0, 0.05) is 62.5 Å². The zero-order valence-electron chi connectivity index (χ0n) is 25.2. The van der Waals surface area contributed by atoms with Gasteiger partial charge in [-0.1, -0.05) is 43.9 Å². The summed E-state index contributed by atoms with van der Waals surface area (Å²) in [5, 5.41) is 16.6. The number of benzene rings is 2. The van der Waals surface area contributed by atoms with Crippen molar-refractivity contribution in [1.82, 2.24) is 19.4 Å². The molecule has 1 N–H and O–H groups in total. The van der Waals surface area contributed by atoms with Crippen LogP contribution in [0.2, 0.25) is 0 Å². The largest absolute Gasteiger partial charge is 0.368 e. The van der Waals surface area contributed by atoms with Gasteiger partial charge in [-0.3, -0.25) is 10.1 Å². The number of likely N-dealkylation sites (N-methyl/N-ethyl adjacent to an activating group) is 2. The molecule has 42 heavy (non-hydrogen) atoms. The first kappa shape index (κ1) is 29.1. The van der Waals surface area contributed by atoms with Gasteiger partial charge in [0.1, 0.15) is 5.69 Å². The minimum atomic E-state index is -0.321. The maximum absolute atomic E-state index is 12.2. The lowest BCUT2D eigenvalue weighted by molar-refractivity contribution is -0.384. The van der Waals surface area contributed by atoms with E-state index in [9.17, 15) is 10.1 Å². The highest BCUT2D eigenvalue weighted by atomic mass is 16.6. The van der Waals surface area contributed by atoms with Crippen LogP contribution < -0.4 is 10.2 Å². The number of aryl methyl sites for hydroxylation is 3. The van der Waals surface area contributed by atoms with Gasteiger partial charge in [-0.15, -0.1) is 0 Å². The molecule has 218 valence electrons. The molecule has 3 heterocycles. The second-order valence-corrected chi connectivity index (χ2v) is 11.1. The number of nitrogens with zero attached hydrogens (tertiary/aromatic N) is 6. The van der Waals surface area contributed by atoms with E-state index in [1.165, 1.54) is 11.1 Å². The van der Waals surface area contributed by atoms with Gasteiger partial charge in [-0.2, -0.15) is 0 Å². The quantitative estimate of drug-likeness (QED) is 0.135. The Hall–Kier alpha value is -4.42. The molecule has 0 fully saturated rings. The van der Waals surface area contributed by atoms with Crippen LogP contribution in [-0.4, -0.2) is 58.6 Å². The van der Waals surface area contributed by atoms with Crippen LogP contribution in [0.15, 0.2) is 42.7 Å². The molecule has 0 atom stereocenters. The Bertz CT molecular complexity index is 1680. The Balaban J connectivity index is 1.58. The smallest absolute Gasteiger partial charge is 0.294 e. The number of hydrogen-bond donors (Lipinski definition) is 1. The van der Waals surface area contributed by atoms with E-state index in [1.54, 1.807) is 12.3 Å². The average Bonchev–Trinajstić information content (AvgIpc) is 3.36. The van der Waals surface area contributed by atoms with E-state index in [-0.39, 0.29) is 10.6 Å². The number of anilines is 3. The lowest BCUT2D eigenvalue weighted by atomic mass is 10.0. The summed E-state index contributed by atoms with van der Waals surface area (Å²) in [5.41, 5.74) is 7.42. The van der Waals surface area contributed by atoms with E-state index in [1.807, 2.05) is 39.0 Å². The van der Waals surface area contributed by atoms with E-state index >= 15 is 0 Å². The van der Waals surface area contributed by atoms with Crippen molar-refractivity contribution < 1.29 is 4.92 Å². The predicted octanol–water partition coefficient (Wildman–Crippen LogP) is 6.41. The minimum absolute atomic E-state index is 0.0484. The SMILES string of the molecule is CCCC#Cc1cnc(Nc2cc([N+](=O)[O-])c(N(C)CCN(C)C)cc2CC)nc1-c1cn2c3c(cccc13)CCC2. The molecule has 5 rings (SSSR count). The molecule has 0 radical (unpaired) electrons. The Labute approximate surface area is 247 Å². The molecule has 0 amide bonds. The van der Waals surface area contributed by atoms with Crippen LogP contribution in [0.5, 0.6) is 0 Å². The third-order valence-electron chi connectivity index (χ3n) is 7.79. The summed E-state index contributed by atoms with van der Waals surface area (Å²) in [7, 11) is 5.88. The fourth-order valence-corrected chi connectivity index (χ4v) is 5.54. The van der Waals surface area contributed by atoms with Gasteiger partial charge in [-0.25, -0.2) is 9.97 Å². The molecule has 0 unspecified atom stereocenters. The zero-order valence-corrected chi connectivity index (χ0v) is 25.2. The molecule has 1 aliphatic heterocycles. The van der Waals surface area contributed by atoms with Crippen molar-refractivity contribution in [3.05, 3.63) is 69.5 Å². The highest BCUT2D eigenvalue weighted by molar-refractivity contribution is 5.98. The number of nitrogens with one attached hydrogen (secondary N) is 1. The topological polar surface area (TPSA) is 92.4 Å². The van der Waals surface area contributed by atoms with Gasteiger partial charge in [0.05, 0.1) is 27.4 Å². The Morgan fingerprint density at radius 3 is 2.74 bits per heavy atom. The Morgan fingerprint density at radius 2 is 2.00 bits per heavy atom. The maximum Gasteiger partial charge on any atom is 0.294 e. The maximum atomic E-state index is 12.2. The molecular formula is C33H39N7O2. The molecule has 0 aliphatic carbocycles. The standard InChI is InChI=1S/C33H39N7O2/c1-6-8-9-12-25-21-34-33(36-31(25)27-22-39-16-11-14-24-13-10-15-26(27)32(24)39)35-28-20-30(40(41)42)29(19-23(28)7-2)38(5)18-17-37(3)4/h10,13,15,19-22H,6-8,11,14,16-18H2,1-5H3,(H,34,35,36). The second-order valence-electron chi connectivity index (χ2n) is 11.1. The van der Waals surface area contributed by atoms with Crippen molar-refractivity contribution in [3.8, 4) is 23.1 Å². The molecule has 4 aromatic rings. The summed E-state index contributed by atoms with van der Waals surface area (Å²) in [5.74, 6) is 6.94. The molecule has 9 heteroatoms. The summed E-state index contributed by atoms with van der Waals surface area (Å²) in [6, 6.07) is 9.99. The first-order chi connectivity index (χ1) is 20.3. The zero-order chi connectivity index (χ0) is 29.8. The van der Waals surface area contributed by atoms with Gasteiger partial charge < -0.3 is 19.7 Å². The molecule has 9 nitrogen and oxygen atoms in total. The molecule has 0 spiro atoms. The summed E-state index contributed by atoms with van der Waals surface area (Å²) >= 11 is 0. The highest BCUT2D eigenvalue weighted by Gasteiger charge is 2.23. The Kier molecular flexibility index (Phi) is 8.74. The Morgan fingerprint density at radius 1 is 1.17 bits per heavy atom. The third-order valence-corrected chi connectivity index (χ3v) is 7.79. The van der Waals surface area contributed by atoms with Gasteiger partial charge in [-0.05, 0) is 57.0 Å². The summed E-state index contributed by atoms with van der Waals surface area (Å²) in [6.07, 6.45) is 8.60. The van der Waals surface area contributed by atoms with Gasteiger partial charge >= 0.3 is 0 Å². The fraction of sp³-hybridized carbons (Fsp3) is 0.394. The number of para-hydroxylation sites is 1. The van der Waals surface area contributed by atoms with Crippen LogP contribution in [-0.2, 0) is 19.4 Å². The molecular weight excluding hydrogens is 526 g/mol. The third kappa shape index (κ3) is 5.95. The summed E-state index contributed by atoms with van der Waals surface area (Å²) in [6.45, 7) is 6.59. The first-order valence-electron chi connectivity index (χ1n) is 14.7. The summed E-state index contributed by atoms with van der Waals surface area (Å²) in [4.78, 5) is 25.5.